The topological polar surface area (TPSA) is 69.6 Å². The molecule has 1 atom stereocenters. The van der Waals surface area contributed by atoms with E-state index in [2.05, 4.69) is 35.3 Å². The molecule has 0 aliphatic rings. The average Bonchev–Trinajstić information content (AvgIpc) is 2.76. The number of carbonyl (C=O) groups excluding carboxylic acids is 1. The third kappa shape index (κ3) is 5.11. The summed E-state index contributed by atoms with van der Waals surface area (Å²) < 4.78 is 0. The summed E-state index contributed by atoms with van der Waals surface area (Å²) in [7, 11) is 0. The molecule has 32 heavy (non-hydrogen) atoms. The second-order valence-electron chi connectivity index (χ2n) is 7.79. The molecule has 0 aromatic heterocycles. The van der Waals surface area contributed by atoms with Gasteiger partial charge in [-0.05, 0) is 86.3 Å². The van der Waals surface area contributed by atoms with Gasteiger partial charge in [-0.15, -0.1) is 0 Å². The molecule has 3 aromatic carbocycles. The lowest BCUT2D eigenvalue weighted by atomic mass is 9.98. The SMILES string of the molecule is CCN(c1cccc(-c2ccc(C(=O)NC(C)C(=O)O)c(C)c2)c1)c1ccc(Cl)c(C)c1. The molecule has 0 spiro atoms. The molecule has 0 radical (unpaired) electrons. The quantitative estimate of drug-likeness (QED) is 0.464. The second kappa shape index (κ2) is 9.88. The number of carboxylic acids is 1. The van der Waals surface area contributed by atoms with E-state index in [-0.39, 0.29) is 0 Å². The number of hydrogen-bond donors (Lipinski definition) is 2. The largest absolute Gasteiger partial charge is 0.480 e. The highest BCUT2D eigenvalue weighted by Crippen LogP contribution is 2.32. The van der Waals surface area contributed by atoms with Crippen LogP contribution in [0.15, 0.2) is 60.7 Å². The van der Waals surface area contributed by atoms with Crippen LogP contribution in [0.1, 0.15) is 35.3 Å². The van der Waals surface area contributed by atoms with Crippen LogP contribution in [0.5, 0.6) is 0 Å². The van der Waals surface area contributed by atoms with Crippen LogP contribution in [-0.4, -0.2) is 29.6 Å². The van der Waals surface area contributed by atoms with E-state index in [0.717, 1.165) is 45.2 Å². The number of hydrogen-bond acceptors (Lipinski definition) is 3. The third-order valence-electron chi connectivity index (χ3n) is 5.45. The third-order valence-corrected chi connectivity index (χ3v) is 5.87. The highest BCUT2D eigenvalue weighted by molar-refractivity contribution is 6.31. The molecule has 1 unspecified atom stereocenters. The fourth-order valence-electron chi connectivity index (χ4n) is 3.60. The van der Waals surface area contributed by atoms with Crippen molar-refractivity contribution in [2.75, 3.05) is 11.4 Å². The molecule has 3 rings (SSSR count). The molecule has 5 nitrogen and oxygen atoms in total. The van der Waals surface area contributed by atoms with E-state index < -0.39 is 17.9 Å². The van der Waals surface area contributed by atoms with Crippen molar-refractivity contribution in [3.63, 3.8) is 0 Å². The van der Waals surface area contributed by atoms with Gasteiger partial charge in [0, 0.05) is 28.5 Å². The first kappa shape index (κ1) is 23.4. The fraction of sp³-hybridized carbons (Fsp3) is 0.231. The van der Waals surface area contributed by atoms with E-state index >= 15 is 0 Å². The monoisotopic (exact) mass is 450 g/mol. The average molecular weight is 451 g/mol. The Labute approximate surface area is 193 Å². The summed E-state index contributed by atoms with van der Waals surface area (Å²) in [6.07, 6.45) is 0. The van der Waals surface area contributed by atoms with Gasteiger partial charge in [0.15, 0.2) is 0 Å². The van der Waals surface area contributed by atoms with Crippen LogP contribution < -0.4 is 10.2 Å². The zero-order valence-electron chi connectivity index (χ0n) is 18.6. The van der Waals surface area contributed by atoms with Gasteiger partial charge in [-0.3, -0.25) is 9.59 Å². The first-order valence-corrected chi connectivity index (χ1v) is 10.9. The van der Waals surface area contributed by atoms with E-state index in [1.807, 2.05) is 50.2 Å². The highest BCUT2D eigenvalue weighted by atomic mass is 35.5. The number of rotatable bonds is 7. The second-order valence-corrected chi connectivity index (χ2v) is 8.20. The van der Waals surface area contributed by atoms with Gasteiger partial charge >= 0.3 is 5.97 Å². The Morgan fingerprint density at radius 3 is 2.28 bits per heavy atom. The molecule has 0 saturated heterocycles. The van der Waals surface area contributed by atoms with Crippen LogP contribution in [0.4, 0.5) is 11.4 Å². The molecule has 0 saturated carbocycles. The molecule has 0 aliphatic carbocycles. The molecular weight excluding hydrogens is 424 g/mol. The molecule has 166 valence electrons. The summed E-state index contributed by atoms with van der Waals surface area (Å²) in [5, 5.41) is 12.3. The minimum Gasteiger partial charge on any atom is -0.480 e. The predicted molar refractivity (Wildman–Crippen MR) is 130 cm³/mol. The smallest absolute Gasteiger partial charge is 0.325 e. The molecule has 0 aliphatic heterocycles. The van der Waals surface area contributed by atoms with Crippen LogP contribution in [0.2, 0.25) is 5.02 Å². The number of carbonyl (C=O) groups is 2. The van der Waals surface area contributed by atoms with Crippen molar-refractivity contribution in [3.05, 3.63) is 82.4 Å². The molecule has 2 N–H and O–H groups in total. The van der Waals surface area contributed by atoms with Crippen molar-refractivity contribution in [3.8, 4) is 11.1 Å². The van der Waals surface area contributed by atoms with Crippen molar-refractivity contribution >= 4 is 34.9 Å². The molecule has 0 heterocycles. The van der Waals surface area contributed by atoms with Crippen molar-refractivity contribution in [2.45, 2.75) is 33.7 Å². The number of carboxylic acid groups (broad SMARTS) is 1. The fourth-order valence-corrected chi connectivity index (χ4v) is 3.72. The van der Waals surface area contributed by atoms with Crippen molar-refractivity contribution < 1.29 is 14.7 Å². The Morgan fingerprint density at radius 1 is 0.969 bits per heavy atom. The van der Waals surface area contributed by atoms with E-state index in [9.17, 15) is 9.59 Å². The number of nitrogens with zero attached hydrogens (tertiary/aromatic N) is 1. The number of anilines is 2. The van der Waals surface area contributed by atoms with Gasteiger partial charge in [0.05, 0.1) is 0 Å². The zero-order chi connectivity index (χ0) is 23.4. The van der Waals surface area contributed by atoms with Crippen molar-refractivity contribution in [1.82, 2.24) is 5.32 Å². The lowest BCUT2D eigenvalue weighted by molar-refractivity contribution is -0.138. The minimum absolute atomic E-state index is 0.395. The Balaban J connectivity index is 1.90. The lowest BCUT2D eigenvalue weighted by Crippen LogP contribution is -2.38. The van der Waals surface area contributed by atoms with E-state index in [0.29, 0.717) is 5.56 Å². The maximum atomic E-state index is 12.4. The Morgan fingerprint density at radius 2 is 1.66 bits per heavy atom. The van der Waals surface area contributed by atoms with Crippen LogP contribution in [0.3, 0.4) is 0 Å². The maximum absolute atomic E-state index is 12.4. The van der Waals surface area contributed by atoms with Gasteiger partial charge in [-0.25, -0.2) is 0 Å². The number of aliphatic carboxylic acids is 1. The first-order chi connectivity index (χ1) is 15.2. The summed E-state index contributed by atoms with van der Waals surface area (Å²) in [6.45, 7) is 8.18. The Hall–Kier alpha value is -3.31. The molecule has 0 bridgehead atoms. The van der Waals surface area contributed by atoms with E-state index in [1.165, 1.54) is 6.92 Å². The Kier molecular flexibility index (Phi) is 7.21. The summed E-state index contributed by atoms with van der Waals surface area (Å²) in [5.41, 5.74) is 6.41. The molecule has 1 amide bonds. The van der Waals surface area contributed by atoms with Crippen LogP contribution >= 0.6 is 11.6 Å². The number of aryl methyl sites for hydroxylation is 2. The van der Waals surface area contributed by atoms with Crippen LogP contribution in [0, 0.1) is 13.8 Å². The number of amides is 1. The van der Waals surface area contributed by atoms with Gasteiger partial charge in [0.25, 0.3) is 5.91 Å². The molecule has 3 aromatic rings. The molecule has 6 heteroatoms. The standard InChI is InChI=1S/C26H27ClN2O3/c1-5-29(22-10-12-24(27)17(3)14-22)21-8-6-7-19(15-21)20-9-11-23(16(2)13-20)25(30)28-18(4)26(31)32/h6-15,18H,5H2,1-4H3,(H,28,30)(H,31,32). The highest BCUT2D eigenvalue weighted by Gasteiger charge is 2.17. The summed E-state index contributed by atoms with van der Waals surface area (Å²) in [5.74, 6) is -1.46. The van der Waals surface area contributed by atoms with Gasteiger partial charge in [0.1, 0.15) is 6.04 Å². The predicted octanol–water partition coefficient (Wildman–Crippen LogP) is 5.98. The van der Waals surface area contributed by atoms with Gasteiger partial charge < -0.3 is 15.3 Å². The normalized spacial score (nSPS) is 11.7. The van der Waals surface area contributed by atoms with Gasteiger partial charge in [0.2, 0.25) is 0 Å². The summed E-state index contributed by atoms with van der Waals surface area (Å²) in [4.78, 5) is 25.7. The first-order valence-electron chi connectivity index (χ1n) is 10.5. The molecular formula is C26H27ClN2O3. The van der Waals surface area contributed by atoms with Crippen molar-refractivity contribution in [1.29, 1.82) is 0 Å². The van der Waals surface area contributed by atoms with Crippen molar-refractivity contribution in [2.24, 2.45) is 0 Å². The lowest BCUT2D eigenvalue weighted by Gasteiger charge is -2.24. The summed E-state index contributed by atoms with van der Waals surface area (Å²) in [6, 6.07) is 18.9. The molecule has 0 fully saturated rings. The van der Waals surface area contributed by atoms with Crippen LogP contribution in [-0.2, 0) is 4.79 Å². The number of halogens is 1. The maximum Gasteiger partial charge on any atom is 0.325 e. The number of benzene rings is 3. The van der Waals surface area contributed by atoms with E-state index in [1.54, 1.807) is 6.07 Å². The minimum atomic E-state index is -1.07. The summed E-state index contributed by atoms with van der Waals surface area (Å²) >= 11 is 6.20. The van der Waals surface area contributed by atoms with E-state index in [4.69, 9.17) is 16.7 Å². The zero-order valence-corrected chi connectivity index (χ0v) is 19.4. The van der Waals surface area contributed by atoms with Gasteiger partial charge in [-0.1, -0.05) is 35.9 Å². The Bertz CT molecular complexity index is 1160. The van der Waals surface area contributed by atoms with Crippen LogP contribution in [0.25, 0.3) is 11.1 Å². The number of nitrogens with one attached hydrogen (secondary N) is 1. The van der Waals surface area contributed by atoms with Gasteiger partial charge in [-0.2, -0.15) is 0 Å².